The Morgan fingerprint density at radius 1 is 1.00 bits per heavy atom. The molecular formula is C18H20N4O5S2. The van der Waals surface area contributed by atoms with Gasteiger partial charge in [-0.3, -0.25) is 25.2 Å². The Balaban J connectivity index is 1.54. The van der Waals surface area contributed by atoms with Crippen LogP contribution in [0, 0.1) is 0 Å². The molecule has 1 aromatic carbocycles. The summed E-state index contributed by atoms with van der Waals surface area (Å²) in [6, 6.07) is 8.97. The van der Waals surface area contributed by atoms with Crippen LogP contribution in [0.1, 0.15) is 32.9 Å². The van der Waals surface area contributed by atoms with Gasteiger partial charge in [-0.15, -0.1) is 11.3 Å². The minimum absolute atomic E-state index is 0.0292. The second-order valence-corrected chi connectivity index (χ2v) is 9.19. The van der Waals surface area contributed by atoms with E-state index in [0.29, 0.717) is 18.0 Å². The van der Waals surface area contributed by atoms with Gasteiger partial charge < -0.3 is 5.32 Å². The molecule has 1 aromatic heterocycles. The van der Waals surface area contributed by atoms with Crippen molar-refractivity contribution in [2.75, 3.05) is 19.6 Å². The van der Waals surface area contributed by atoms with Crippen LogP contribution in [0.5, 0.6) is 0 Å². The summed E-state index contributed by atoms with van der Waals surface area (Å²) in [4.78, 5) is 36.3. The van der Waals surface area contributed by atoms with Gasteiger partial charge >= 0.3 is 0 Å². The second-order valence-electron chi connectivity index (χ2n) is 6.30. The molecule has 1 aliphatic heterocycles. The molecule has 2 aromatic rings. The van der Waals surface area contributed by atoms with E-state index in [1.165, 1.54) is 39.9 Å². The molecule has 0 unspecified atom stereocenters. The first-order chi connectivity index (χ1) is 13.9. The molecule has 0 bridgehead atoms. The van der Waals surface area contributed by atoms with Crippen LogP contribution in [-0.4, -0.2) is 50.1 Å². The third-order valence-electron chi connectivity index (χ3n) is 4.27. The van der Waals surface area contributed by atoms with Crippen LogP contribution in [0.15, 0.2) is 46.7 Å². The lowest BCUT2D eigenvalue weighted by Gasteiger charge is -2.16. The maximum atomic E-state index is 12.6. The van der Waals surface area contributed by atoms with Crippen LogP contribution in [0.2, 0.25) is 0 Å². The van der Waals surface area contributed by atoms with Crippen molar-refractivity contribution in [3.05, 3.63) is 52.2 Å². The van der Waals surface area contributed by atoms with E-state index in [1.54, 1.807) is 17.5 Å². The molecule has 3 N–H and O–H groups in total. The van der Waals surface area contributed by atoms with Crippen LogP contribution in [0.25, 0.3) is 0 Å². The number of hydrazine groups is 1. The molecule has 0 saturated carbocycles. The molecule has 0 spiro atoms. The van der Waals surface area contributed by atoms with Crippen molar-refractivity contribution >= 4 is 39.1 Å². The average Bonchev–Trinajstić information content (AvgIpc) is 3.44. The third-order valence-corrected chi connectivity index (χ3v) is 7.03. The SMILES string of the molecule is O=C(CNC(=O)c1cccs1)NNC(=O)c1cccc(S(=O)(=O)N2CCCC2)c1. The highest BCUT2D eigenvalue weighted by Crippen LogP contribution is 2.21. The van der Waals surface area contributed by atoms with Gasteiger partial charge in [-0.25, -0.2) is 8.42 Å². The zero-order valence-electron chi connectivity index (χ0n) is 15.4. The molecule has 11 heteroatoms. The van der Waals surface area contributed by atoms with Crippen molar-refractivity contribution < 1.29 is 22.8 Å². The van der Waals surface area contributed by atoms with Gasteiger partial charge in [-0.2, -0.15) is 4.31 Å². The quantitative estimate of drug-likeness (QED) is 0.576. The van der Waals surface area contributed by atoms with Gasteiger partial charge in [-0.1, -0.05) is 12.1 Å². The highest BCUT2D eigenvalue weighted by atomic mass is 32.2. The van der Waals surface area contributed by atoms with E-state index in [9.17, 15) is 22.8 Å². The molecule has 3 rings (SSSR count). The number of carbonyl (C=O) groups excluding carboxylic acids is 3. The normalized spacial score (nSPS) is 14.3. The summed E-state index contributed by atoms with van der Waals surface area (Å²) in [5.74, 6) is -1.67. The molecule has 1 fully saturated rings. The lowest BCUT2D eigenvalue weighted by Crippen LogP contribution is -2.46. The van der Waals surface area contributed by atoms with Crippen molar-refractivity contribution in [1.82, 2.24) is 20.5 Å². The van der Waals surface area contributed by atoms with E-state index in [-0.39, 0.29) is 22.9 Å². The number of benzene rings is 1. The molecule has 2 heterocycles. The number of hydrogen-bond donors (Lipinski definition) is 3. The molecule has 154 valence electrons. The number of nitrogens with one attached hydrogen (secondary N) is 3. The predicted octanol–water partition coefficient (Wildman–Crippen LogP) is 0.724. The Bertz CT molecular complexity index is 999. The average molecular weight is 437 g/mol. The van der Waals surface area contributed by atoms with Gasteiger partial charge in [0.15, 0.2) is 0 Å². The minimum Gasteiger partial charge on any atom is -0.342 e. The molecule has 1 aliphatic rings. The summed E-state index contributed by atoms with van der Waals surface area (Å²) in [6.45, 7) is 0.610. The number of thiophene rings is 1. The van der Waals surface area contributed by atoms with Gasteiger partial charge in [0.2, 0.25) is 10.0 Å². The molecule has 0 radical (unpaired) electrons. The van der Waals surface area contributed by atoms with Gasteiger partial charge in [0.25, 0.3) is 17.7 Å². The van der Waals surface area contributed by atoms with Gasteiger partial charge in [0.05, 0.1) is 16.3 Å². The topological polar surface area (TPSA) is 125 Å². The summed E-state index contributed by atoms with van der Waals surface area (Å²) >= 11 is 1.24. The van der Waals surface area contributed by atoms with Gasteiger partial charge in [-0.05, 0) is 42.5 Å². The number of carbonyl (C=O) groups is 3. The fraction of sp³-hybridized carbons (Fsp3) is 0.278. The van der Waals surface area contributed by atoms with Crippen LogP contribution in [0.3, 0.4) is 0 Å². The monoisotopic (exact) mass is 436 g/mol. The highest BCUT2D eigenvalue weighted by molar-refractivity contribution is 7.89. The molecule has 3 amide bonds. The van der Waals surface area contributed by atoms with Gasteiger partial charge in [0.1, 0.15) is 0 Å². The van der Waals surface area contributed by atoms with E-state index < -0.39 is 21.8 Å². The lowest BCUT2D eigenvalue weighted by molar-refractivity contribution is -0.120. The number of sulfonamides is 1. The number of amides is 3. The van der Waals surface area contributed by atoms with Crippen LogP contribution >= 0.6 is 11.3 Å². The summed E-state index contributed by atoms with van der Waals surface area (Å²) in [5.41, 5.74) is 4.49. The maximum absolute atomic E-state index is 12.6. The van der Waals surface area contributed by atoms with Gasteiger partial charge in [0, 0.05) is 18.7 Å². The van der Waals surface area contributed by atoms with Crippen molar-refractivity contribution in [2.24, 2.45) is 0 Å². The predicted molar refractivity (Wildman–Crippen MR) is 107 cm³/mol. The first-order valence-electron chi connectivity index (χ1n) is 8.89. The smallest absolute Gasteiger partial charge is 0.269 e. The number of hydrogen-bond acceptors (Lipinski definition) is 6. The fourth-order valence-corrected chi connectivity index (χ4v) is 4.98. The van der Waals surface area contributed by atoms with E-state index in [0.717, 1.165) is 12.8 Å². The van der Waals surface area contributed by atoms with Crippen molar-refractivity contribution in [3.8, 4) is 0 Å². The molecule has 0 atom stereocenters. The summed E-state index contributed by atoms with van der Waals surface area (Å²) in [5, 5.41) is 4.18. The Morgan fingerprint density at radius 2 is 1.76 bits per heavy atom. The first kappa shape index (κ1) is 21.0. The standard InChI is InChI=1S/C18H20N4O5S2/c23-16(12-19-18(25)15-7-4-10-28-15)20-21-17(24)13-5-3-6-14(11-13)29(26,27)22-8-1-2-9-22/h3-7,10-11H,1-2,8-9,12H2,(H,19,25)(H,20,23)(H,21,24). The van der Waals surface area contributed by atoms with Crippen molar-refractivity contribution in [2.45, 2.75) is 17.7 Å². The molecule has 0 aliphatic carbocycles. The first-order valence-corrected chi connectivity index (χ1v) is 11.2. The largest absolute Gasteiger partial charge is 0.342 e. The summed E-state index contributed by atoms with van der Waals surface area (Å²) in [6.07, 6.45) is 1.63. The van der Waals surface area contributed by atoms with Crippen molar-refractivity contribution in [1.29, 1.82) is 0 Å². The third kappa shape index (κ3) is 5.19. The van der Waals surface area contributed by atoms with E-state index >= 15 is 0 Å². The highest BCUT2D eigenvalue weighted by Gasteiger charge is 2.27. The van der Waals surface area contributed by atoms with Crippen LogP contribution in [0.4, 0.5) is 0 Å². The maximum Gasteiger partial charge on any atom is 0.269 e. The molecular weight excluding hydrogens is 416 g/mol. The van der Waals surface area contributed by atoms with Crippen LogP contribution < -0.4 is 16.2 Å². The minimum atomic E-state index is -3.65. The molecule has 1 saturated heterocycles. The van der Waals surface area contributed by atoms with Crippen molar-refractivity contribution in [3.63, 3.8) is 0 Å². The van der Waals surface area contributed by atoms with Crippen LogP contribution in [-0.2, 0) is 14.8 Å². The zero-order valence-corrected chi connectivity index (χ0v) is 17.0. The molecule has 9 nitrogen and oxygen atoms in total. The fourth-order valence-electron chi connectivity index (χ4n) is 2.77. The van der Waals surface area contributed by atoms with E-state index in [1.807, 2.05) is 0 Å². The lowest BCUT2D eigenvalue weighted by atomic mass is 10.2. The number of nitrogens with zero attached hydrogens (tertiary/aromatic N) is 1. The molecule has 29 heavy (non-hydrogen) atoms. The van der Waals surface area contributed by atoms with E-state index in [2.05, 4.69) is 16.2 Å². The number of rotatable bonds is 6. The van der Waals surface area contributed by atoms with E-state index in [4.69, 9.17) is 0 Å². The summed E-state index contributed by atoms with van der Waals surface area (Å²) < 4.78 is 26.6. The summed E-state index contributed by atoms with van der Waals surface area (Å²) in [7, 11) is -3.65. The second kappa shape index (κ2) is 9.16. The Morgan fingerprint density at radius 3 is 2.45 bits per heavy atom. The zero-order chi connectivity index (χ0) is 20.9. The Kier molecular flexibility index (Phi) is 6.62. The Labute approximate surface area is 172 Å². The Hall–Kier alpha value is -2.76.